The lowest BCUT2D eigenvalue weighted by atomic mass is 10.1. The van der Waals surface area contributed by atoms with Crippen LogP contribution < -0.4 is 10.0 Å². The summed E-state index contributed by atoms with van der Waals surface area (Å²) < 4.78 is 26.7. The van der Waals surface area contributed by atoms with Crippen molar-refractivity contribution in [1.29, 1.82) is 0 Å². The maximum absolute atomic E-state index is 12.2. The Kier molecular flexibility index (Phi) is 7.18. The van der Waals surface area contributed by atoms with E-state index < -0.39 is 22.0 Å². The minimum Gasteiger partial charge on any atom is -0.480 e. The van der Waals surface area contributed by atoms with Crippen molar-refractivity contribution in [3.63, 3.8) is 0 Å². The third kappa shape index (κ3) is 5.99. The molecule has 1 atom stereocenters. The summed E-state index contributed by atoms with van der Waals surface area (Å²) in [5.74, 6) is -1.38. The first-order valence-electron chi connectivity index (χ1n) is 7.45. The molecule has 0 spiro atoms. The van der Waals surface area contributed by atoms with Crippen LogP contribution in [0.3, 0.4) is 0 Å². The van der Waals surface area contributed by atoms with Gasteiger partial charge in [-0.15, -0.1) is 0 Å². The molecule has 128 valence electrons. The van der Waals surface area contributed by atoms with Gasteiger partial charge in [0.25, 0.3) is 0 Å². The number of carbonyl (C=O) groups excluding carboxylic acids is 1. The molecule has 3 N–H and O–H groups in total. The van der Waals surface area contributed by atoms with Crippen LogP contribution in [0.4, 0.5) is 5.69 Å². The molecule has 1 rings (SSSR count). The molecule has 0 fully saturated rings. The average molecular weight is 342 g/mol. The first kappa shape index (κ1) is 19.1. The Balaban J connectivity index is 2.86. The van der Waals surface area contributed by atoms with E-state index >= 15 is 0 Å². The van der Waals surface area contributed by atoms with Gasteiger partial charge in [0, 0.05) is 12.1 Å². The quantitative estimate of drug-likeness (QED) is 0.635. The monoisotopic (exact) mass is 342 g/mol. The van der Waals surface area contributed by atoms with Crippen LogP contribution in [0.2, 0.25) is 0 Å². The predicted octanol–water partition coefficient (Wildman–Crippen LogP) is 1.96. The van der Waals surface area contributed by atoms with E-state index in [1.54, 1.807) is 6.92 Å². The fourth-order valence-corrected chi connectivity index (χ4v) is 3.09. The van der Waals surface area contributed by atoms with Gasteiger partial charge in [-0.3, -0.25) is 9.59 Å². The van der Waals surface area contributed by atoms with E-state index in [1.807, 2.05) is 6.92 Å². The third-order valence-corrected chi connectivity index (χ3v) is 4.70. The molecule has 0 heterocycles. The minimum atomic E-state index is -3.93. The van der Waals surface area contributed by atoms with Crippen molar-refractivity contribution in [2.45, 2.75) is 50.5 Å². The zero-order valence-electron chi connectivity index (χ0n) is 13.2. The number of nitrogens with one attached hydrogen (secondary N) is 2. The molecule has 0 aliphatic rings. The number of aliphatic carboxylic acids is 1. The number of carboxylic acid groups (broad SMARTS) is 1. The second-order valence-corrected chi connectivity index (χ2v) is 6.79. The highest BCUT2D eigenvalue weighted by molar-refractivity contribution is 7.89. The molecule has 0 radical (unpaired) electrons. The average Bonchev–Trinajstić information content (AvgIpc) is 2.51. The van der Waals surface area contributed by atoms with Crippen molar-refractivity contribution < 1.29 is 23.1 Å². The highest BCUT2D eigenvalue weighted by Gasteiger charge is 2.24. The van der Waals surface area contributed by atoms with Gasteiger partial charge in [0.2, 0.25) is 15.9 Å². The van der Waals surface area contributed by atoms with E-state index in [1.165, 1.54) is 24.3 Å². The summed E-state index contributed by atoms with van der Waals surface area (Å²) in [4.78, 5) is 22.4. The molecule has 0 aliphatic heterocycles. The van der Waals surface area contributed by atoms with Crippen LogP contribution in [0.25, 0.3) is 0 Å². The first-order chi connectivity index (χ1) is 10.8. The number of hydrogen-bond acceptors (Lipinski definition) is 4. The molecule has 0 bridgehead atoms. The molecule has 8 heteroatoms. The highest BCUT2D eigenvalue weighted by Crippen LogP contribution is 2.15. The summed E-state index contributed by atoms with van der Waals surface area (Å²) >= 11 is 0. The number of anilines is 1. The van der Waals surface area contributed by atoms with Gasteiger partial charge in [-0.05, 0) is 30.7 Å². The van der Waals surface area contributed by atoms with Crippen LogP contribution in [0.1, 0.15) is 39.5 Å². The molecule has 0 aliphatic carbocycles. The zero-order chi connectivity index (χ0) is 17.5. The SMILES string of the molecule is CCCC[C@H](NS(=O)(=O)c1ccc(NC(=O)CC)cc1)C(=O)O. The van der Waals surface area contributed by atoms with Crippen LogP contribution in [0.5, 0.6) is 0 Å². The van der Waals surface area contributed by atoms with Gasteiger partial charge in [0.05, 0.1) is 4.90 Å². The van der Waals surface area contributed by atoms with Gasteiger partial charge in [-0.25, -0.2) is 8.42 Å². The number of amides is 1. The van der Waals surface area contributed by atoms with Crippen LogP contribution in [-0.4, -0.2) is 31.4 Å². The van der Waals surface area contributed by atoms with Gasteiger partial charge in [0.15, 0.2) is 0 Å². The summed E-state index contributed by atoms with van der Waals surface area (Å²) in [6, 6.07) is 4.42. The predicted molar refractivity (Wildman–Crippen MR) is 86.6 cm³/mol. The Morgan fingerprint density at radius 1 is 1.17 bits per heavy atom. The van der Waals surface area contributed by atoms with E-state index in [-0.39, 0.29) is 17.2 Å². The number of hydrogen-bond donors (Lipinski definition) is 3. The lowest BCUT2D eigenvalue weighted by Crippen LogP contribution is -2.40. The number of rotatable bonds is 9. The number of benzene rings is 1. The summed E-state index contributed by atoms with van der Waals surface area (Å²) in [5, 5.41) is 11.7. The van der Waals surface area contributed by atoms with Crippen molar-refractivity contribution in [1.82, 2.24) is 4.72 Å². The zero-order valence-corrected chi connectivity index (χ0v) is 14.0. The van der Waals surface area contributed by atoms with Crippen molar-refractivity contribution in [2.75, 3.05) is 5.32 Å². The van der Waals surface area contributed by atoms with Crippen LogP contribution in [0, 0.1) is 0 Å². The largest absolute Gasteiger partial charge is 0.480 e. The standard InChI is InChI=1S/C15H22N2O5S/c1-3-5-6-13(15(19)20)17-23(21,22)12-9-7-11(8-10-12)16-14(18)4-2/h7-10,13,17H,3-6H2,1-2H3,(H,16,18)(H,19,20)/t13-/m0/s1. The number of unbranched alkanes of at least 4 members (excludes halogenated alkanes) is 1. The first-order valence-corrected chi connectivity index (χ1v) is 8.93. The fourth-order valence-electron chi connectivity index (χ4n) is 1.86. The summed E-state index contributed by atoms with van der Waals surface area (Å²) in [6.07, 6.45) is 1.94. The molecule has 1 amide bonds. The molecule has 0 unspecified atom stereocenters. The highest BCUT2D eigenvalue weighted by atomic mass is 32.2. The van der Waals surface area contributed by atoms with Crippen molar-refractivity contribution >= 4 is 27.6 Å². The van der Waals surface area contributed by atoms with Crippen molar-refractivity contribution in [3.05, 3.63) is 24.3 Å². The van der Waals surface area contributed by atoms with E-state index in [0.717, 1.165) is 6.42 Å². The van der Waals surface area contributed by atoms with E-state index in [4.69, 9.17) is 5.11 Å². The van der Waals surface area contributed by atoms with E-state index in [0.29, 0.717) is 18.5 Å². The number of carboxylic acids is 1. The molecule has 1 aromatic rings. The van der Waals surface area contributed by atoms with Gasteiger partial charge in [-0.2, -0.15) is 4.72 Å². The summed E-state index contributed by atoms with van der Waals surface area (Å²) in [5.41, 5.74) is 0.483. The van der Waals surface area contributed by atoms with Crippen molar-refractivity contribution in [2.24, 2.45) is 0 Å². The smallest absolute Gasteiger partial charge is 0.321 e. The molecule has 7 nitrogen and oxygen atoms in total. The second kappa shape index (κ2) is 8.64. The lowest BCUT2D eigenvalue weighted by Gasteiger charge is -2.14. The molecule has 0 aromatic heterocycles. The second-order valence-electron chi connectivity index (χ2n) is 5.08. The van der Waals surface area contributed by atoms with Crippen LogP contribution in [-0.2, 0) is 19.6 Å². The lowest BCUT2D eigenvalue weighted by molar-refractivity contribution is -0.139. The number of sulfonamides is 1. The Bertz CT molecular complexity index is 640. The van der Waals surface area contributed by atoms with Gasteiger partial charge < -0.3 is 10.4 Å². The Hall–Kier alpha value is -1.93. The Labute approximate surface area is 136 Å². The topological polar surface area (TPSA) is 113 Å². The Morgan fingerprint density at radius 2 is 1.78 bits per heavy atom. The third-order valence-electron chi connectivity index (χ3n) is 3.21. The molecular weight excluding hydrogens is 320 g/mol. The van der Waals surface area contributed by atoms with E-state index in [2.05, 4.69) is 10.0 Å². The molecule has 1 aromatic carbocycles. The van der Waals surface area contributed by atoms with Gasteiger partial charge >= 0.3 is 5.97 Å². The summed E-state index contributed by atoms with van der Waals surface area (Å²) in [7, 11) is -3.93. The fraction of sp³-hybridized carbons (Fsp3) is 0.467. The maximum Gasteiger partial charge on any atom is 0.321 e. The van der Waals surface area contributed by atoms with Crippen LogP contribution >= 0.6 is 0 Å². The minimum absolute atomic E-state index is 0.0465. The van der Waals surface area contributed by atoms with Gasteiger partial charge in [-0.1, -0.05) is 26.7 Å². The number of carbonyl (C=O) groups is 2. The molecular formula is C15H22N2O5S. The van der Waals surface area contributed by atoms with Gasteiger partial charge in [0.1, 0.15) is 6.04 Å². The molecule has 23 heavy (non-hydrogen) atoms. The van der Waals surface area contributed by atoms with Crippen molar-refractivity contribution in [3.8, 4) is 0 Å². The summed E-state index contributed by atoms with van der Waals surface area (Å²) in [6.45, 7) is 3.61. The molecule has 0 saturated carbocycles. The Morgan fingerprint density at radius 3 is 2.26 bits per heavy atom. The maximum atomic E-state index is 12.2. The van der Waals surface area contributed by atoms with E-state index in [9.17, 15) is 18.0 Å². The normalized spacial score (nSPS) is 12.6. The van der Waals surface area contributed by atoms with Crippen LogP contribution in [0.15, 0.2) is 29.2 Å². The molecule has 0 saturated heterocycles.